The van der Waals surface area contributed by atoms with E-state index in [4.69, 9.17) is 0 Å². The molecule has 0 saturated carbocycles. The molecule has 0 amide bonds. The molecule has 0 aliphatic carbocycles. The standard InChI is InChI=1S/C12H10S.C7H4F4O3S/c1-3-7-11(8-4-1)13-12-9-5-2-6-10-12;8-5-1-3-6(4-2-5)14-15(12,13)7(9,10)11/h1-10H;1-4H. The molecule has 0 aliphatic rings. The van der Waals surface area contributed by atoms with Crippen molar-refractivity contribution in [2.75, 3.05) is 0 Å². The second kappa shape index (κ2) is 9.61. The number of halogens is 4. The van der Waals surface area contributed by atoms with E-state index in [1.807, 2.05) is 12.1 Å². The molecule has 3 rings (SSSR count). The smallest absolute Gasteiger partial charge is 0.376 e. The van der Waals surface area contributed by atoms with Crippen LogP contribution < -0.4 is 4.18 Å². The Balaban J connectivity index is 0.000000202. The van der Waals surface area contributed by atoms with Gasteiger partial charge in [-0.1, -0.05) is 48.2 Å². The minimum Gasteiger partial charge on any atom is -0.376 e. The molecule has 0 N–H and O–H groups in total. The van der Waals surface area contributed by atoms with Crippen molar-refractivity contribution in [2.24, 2.45) is 0 Å². The van der Waals surface area contributed by atoms with Crippen LogP contribution in [0.3, 0.4) is 0 Å². The zero-order valence-electron chi connectivity index (χ0n) is 14.1. The Bertz CT molecular complexity index is 922. The summed E-state index contributed by atoms with van der Waals surface area (Å²) in [7, 11) is -5.69. The SMILES string of the molecule is O=S(=O)(Oc1ccc(F)cc1)C(F)(F)F.c1ccc(Sc2ccccc2)cc1. The highest BCUT2D eigenvalue weighted by Crippen LogP contribution is 2.27. The number of hydrogen-bond donors (Lipinski definition) is 0. The maximum absolute atomic E-state index is 12.3. The van der Waals surface area contributed by atoms with E-state index >= 15 is 0 Å². The molecule has 9 heteroatoms. The van der Waals surface area contributed by atoms with Crippen molar-refractivity contribution >= 4 is 21.9 Å². The fraction of sp³-hybridized carbons (Fsp3) is 0.0526. The van der Waals surface area contributed by atoms with Crippen LogP contribution in [0.15, 0.2) is 94.7 Å². The molecule has 0 aromatic heterocycles. The summed E-state index contributed by atoms with van der Waals surface area (Å²) in [4.78, 5) is 2.57. The summed E-state index contributed by atoms with van der Waals surface area (Å²) in [5.74, 6) is -1.32. The quantitative estimate of drug-likeness (QED) is 0.294. The van der Waals surface area contributed by atoms with Gasteiger partial charge in [-0.05, 0) is 48.5 Å². The van der Waals surface area contributed by atoms with Crippen molar-refractivity contribution < 1.29 is 30.2 Å². The summed E-state index contributed by atoms with van der Waals surface area (Å²) in [6.45, 7) is 0. The van der Waals surface area contributed by atoms with Crippen molar-refractivity contribution in [1.29, 1.82) is 0 Å². The van der Waals surface area contributed by atoms with Crippen LogP contribution in [0.2, 0.25) is 0 Å². The van der Waals surface area contributed by atoms with Crippen molar-refractivity contribution in [3.8, 4) is 5.75 Å². The van der Waals surface area contributed by atoms with Crippen LogP contribution in [0, 0.1) is 5.82 Å². The number of rotatable bonds is 4. The van der Waals surface area contributed by atoms with Crippen LogP contribution in [0.5, 0.6) is 5.75 Å². The summed E-state index contributed by atoms with van der Waals surface area (Å²) in [6, 6.07) is 23.9. The molecule has 0 spiro atoms. The molecule has 148 valence electrons. The van der Waals surface area contributed by atoms with E-state index in [1.165, 1.54) is 9.79 Å². The summed E-state index contributed by atoms with van der Waals surface area (Å²) in [5, 5.41) is 0. The number of hydrogen-bond acceptors (Lipinski definition) is 4. The molecule has 0 atom stereocenters. The van der Waals surface area contributed by atoms with Gasteiger partial charge in [-0.3, -0.25) is 0 Å². The van der Waals surface area contributed by atoms with E-state index in [-0.39, 0.29) is 0 Å². The molecular formula is C19H14F4O3S2. The third kappa shape index (κ3) is 6.90. The average molecular weight is 430 g/mol. The Hall–Kier alpha value is -2.52. The highest BCUT2D eigenvalue weighted by Gasteiger charge is 2.48. The number of benzene rings is 3. The van der Waals surface area contributed by atoms with E-state index in [0.29, 0.717) is 0 Å². The Morgan fingerprint density at radius 1 is 0.714 bits per heavy atom. The summed E-state index contributed by atoms with van der Waals surface area (Å²) >= 11 is 1.79. The van der Waals surface area contributed by atoms with Gasteiger partial charge in [-0.15, -0.1) is 0 Å². The lowest BCUT2D eigenvalue weighted by Gasteiger charge is -2.08. The van der Waals surface area contributed by atoms with Gasteiger partial charge in [0.2, 0.25) is 0 Å². The lowest BCUT2D eigenvalue weighted by atomic mass is 10.3. The normalized spacial score (nSPS) is 11.3. The van der Waals surface area contributed by atoms with Crippen molar-refractivity contribution in [1.82, 2.24) is 0 Å². The first kappa shape index (κ1) is 21.8. The van der Waals surface area contributed by atoms with E-state index < -0.39 is 27.2 Å². The predicted octanol–water partition coefficient (Wildman–Crippen LogP) is 5.89. The minimum absolute atomic E-state index is 0.603. The Labute approximate surface area is 164 Å². The van der Waals surface area contributed by atoms with Crippen LogP contribution in [0.1, 0.15) is 0 Å². The molecule has 0 bridgehead atoms. The third-order valence-corrected chi connectivity index (χ3v) is 5.02. The van der Waals surface area contributed by atoms with Gasteiger partial charge in [0.25, 0.3) is 0 Å². The Morgan fingerprint density at radius 2 is 1.14 bits per heavy atom. The molecule has 0 saturated heterocycles. The van der Waals surface area contributed by atoms with Gasteiger partial charge >= 0.3 is 15.6 Å². The van der Waals surface area contributed by atoms with Crippen molar-refractivity contribution in [3.05, 3.63) is 90.7 Å². The first-order valence-electron chi connectivity index (χ1n) is 7.72. The molecular weight excluding hydrogens is 416 g/mol. The molecule has 3 aromatic carbocycles. The molecule has 0 aliphatic heterocycles. The predicted molar refractivity (Wildman–Crippen MR) is 99.0 cm³/mol. The lowest BCUT2D eigenvalue weighted by Crippen LogP contribution is -2.28. The van der Waals surface area contributed by atoms with Crippen LogP contribution in [0.25, 0.3) is 0 Å². The van der Waals surface area contributed by atoms with E-state index in [9.17, 15) is 26.0 Å². The van der Waals surface area contributed by atoms with Gasteiger partial charge in [0.15, 0.2) is 0 Å². The lowest BCUT2D eigenvalue weighted by molar-refractivity contribution is -0.0500. The van der Waals surface area contributed by atoms with Crippen LogP contribution in [-0.2, 0) is 10.1 Å². The highest BCUT2D eigenvalue weighted by molar-refractivity contribution is 7.99. The summed E-state index contributed by atoms with van der Waals surface area (Å²) in [5.41, 5.74) is -5.50. The van der Waals surface area contributed by atoms with Gasteiger partial charge in [0.1, 0.15) is 11.6 Å². The molecule has 0 heterocycles. The topological polar surface area (TPSA) is 43.4 Å². The van der Waals surface area contributed by atoms with Gasteiger partial charge in [-0.2, -0.15) is 21.6 Å². The first-order valence-corrected chi connectivity index (χ1v) is 9.94. The Morgan fingerprint density at radius 3 is 1.54 bits per heavy atom. The summed E-state index contributed by atoms with van der Waals surface area (Å²) < 4.78 is 72.4. The molecule has 28 heavy (non-hydrogen) atoms. The van der Waals surface area contributed by atoms with E-state index in [1.54, 1.807) is 11.8 Å². The fourth-order valence-electron chi connectivity index (χ4n) is 1.78. The van der Waals surface area contributed by atoms with Gasteiger partial charge < -0.3 is 4.18 Å². The molecule has 0 unspecified atom stereocenters. The van der Waals surface area contributed by atoms with Crippen molar-refractivity contribution in [2.45, 2.75) is 15.3 Å². The van der Waals surface area contributed by atoms with E-state index in [2.05, 4.69) is 52.7 Å². The third-order valence-electron chi connectivity index (χ3n) is 3.03. The second-order valence-corrected chi connectivity index (χ2v) is 7.85. The van der Waals surface area contributed by atoms with Gasteiger partial charge in [0.05, 0.1) is 0 Å². The minimum atomic E-state index is -5.69. The van der Waals surface area contributed by atoms with Gasteiger partial charge in [0, 0.05) is 9.79 Å². The molecule has 3 nitrogen and oxygen atoms in total. The Kier molecular flexibility index (Phi) is 7.47. The largest absolute Gasteiger partial charge is 0.534 e. The number of alkyl halides is 3. The van der Waals surface area contributed by atoms with Crippen molar-refractivity contribution in [3.63, 3.8) is 0 Å². The van der Waals surface area contributed by atoms with Crippen LogP contribution in [0.4, 0.5) is 17.6 Å². The maximum Gasteiger partial charge on any atom is 0.534 e. The zero-order chi connectivity index (χ0) is 20.6. The zero-order valence-corrected chi connectivity index (χ0v) is 15.8. The molecule has 0 fully saturated rings. The average Bonchev–Trinajstić information content (AvgIpc) is 2.65. The summed E-state index contributed by atoms with van der Waals surface area (Å²) in [6.07, 6.45) is 0. The molecule has 0 radical (unpaired) electrons. The van der Waals surface area contributed by atoms with Gasteiger partial charge in [-0.25, -0.2) is 4.39 Å². The van der Waals surface area contributed by atoms with Crippen LogP contribution >= 0.6 is 11.8 Å². The fourth-order valence-corrected chi connectivity index (χ4v) is 3.09. The van der Waals surface area contributed by atoms with E-state index in [0.717, 1.165) is 24.3 Å². The monoisotopic (exact) mass is 430 g/mol. The highest BCUT2D eigenvalue weighted by atomic mass is 32.2. The first-order chi connectivity index (χ1) is 13.2. The van der Waals surface area contributed by atoms with Crippen LogP contribution in [-0.4, -0.2) is 13.9 Å². The molecule has 3 aromatic rings. The maximum atomic E-state index is 12.3. The second-order valence-electron chi connectivity index (χ2n) is 5.17.